The molecule has 0 radical (unpaired) electrons. The molecule has 1 aromatic carbocycles. The summed E-state index contributed by atoms with van der Waals surface area (Å²) in [6.45, 7) is 3.96. The molecule has 0 unspecified atom stereocenters. The van der Waals surface area contributed by atoms with Crippen molar-refractivity contribution in [3.8, 4) is 0 Å². The number of nitrogens with two attached hydrogens (primary N) is 2. The van der Waals surface area contributed by atoms with Crippen LogP contribution in [0.4, 0.5) is 17.5 Å². The third-order valence-corrected chi connectivity index (χ3v) is 4.33. The minimum atomic E-state index is -0.675. The average Bonchev–Trinajstić information content (AvgIpc) is 3.02. The predicted octanol–water partition coefficient (Wildman–Crippen LogP) is 1.52. The van der Waals surface area contributed by atoms with Gasteiger partial charge in [-0.25, -0.2) is 4.98 Å². The van der Waals surface area contributed by atoms with Crippen molar-refractivity contribution in [2.75, 3.05) is 10.6 Å². The van der Waals surface area contributed by atoms with Crippen LogP contribution >= 0.6 is 0 Å². The molecule has 1 atom stereocenters. The van der Waals surface area contributed by atoms with Gasteiger partial charge in [-0.15, -0.1) is 0 Å². The van der Waals surface area contributed by atoms with Crippen molar-refractivity contribution in [3.63, 3.8) is 0 Å². The Morgan fingerprint density at radius 1 is 1.24 bits per heavy atom. The standard InChI is InChI=1S/C19H24N8O2/c1-10(2)7-15(17(21)29)24-19-22-8-11(16(20)28)18(25-19)23-13-5-4-6-14-12(13)9-27(3)26-14/h4-6,8-10,15H,7H2,1-3H3,(H2,20,28)(H2,21,29)(H2,22,23,24,25)/t15-/m1/s1. The number of carbonyl (C=O) groups excluding carboxylic acids is 2. The van der Waals surface area contributed by atoms with E-state index >= 15 is 0 Å². The molecule has 2 aromatic heterocycles. The largest absolute Gasteiger partial charge is 0.368 e. The zero-order valence-electron chi connectivity index (χ0n) is 16.5. The van der Waals surface area contributed by atoms with Crippen LogP contribution in [-0.4, -0.2) is 37.6 Å². The highest BCUT2D eigenvalue weighted by Crippen LogP contribution is 2.27. The molecule has 3 aromatic rings. The van der Waals surface area contributed by atoms with Gasteiger partial charge in [-0.3, -0.25) is 14.3 Å². The Morgan fingerprint density at radius 2 is 2.00 bits per heavy atom. The molecule has 0 aliphatic heterocycles. The number of nitrogens with one attached hydrogen (secondary N) is 2. The Balaban J connectivity index is 1.97. The van der Waals surface area contributed by atoms with Crippen LogP contribution in [0, 0.1) is 5.92 Å². The van der Waals surface area contributed by atoms with Gasteiger partial charge >= 0.3 is 0 Å². The van der Waals surface area contributed by atoms with Crippen molar-refractivity contribution in [2.24, 2.45) is 24.4 Å². The number of anilines is 3. The number of rotatable bonds is 8. The highest BCUT2D eigenvalue weighted by atomic mass is 16.1. The van der Waals surface area contributed by atoms with Crippen LogP contribution in [0.3, 0.4) is 0 Å². The van der Waals surface area contributed by atoms with Crippen LogP contribution in [0.5, 0.6) is 0 Å². The van der Waals surface area contributed by atoms with Crippen molar-refractivity contribution in [2.45, 2.75) is 26.3 Å². The van der Waals surface area contributed by atoms with Crippen LogP contribution in [0.25, 0.3) is 10.9 Å². The number of benzene rings is 1. The van der Waals surface area contributed by atoms with Crippen LogP contribution in [0.1, 0.15) is 30.6 Å². The summed E-state index contributed by atoms with van der Waals surface area (Å²) in [6.07, 6.45) is 3.69. The number of carbonyl (C=O) groups is 2. The summed E-state index contributed by atoms with van der Waals surface area (Å²) in [7, 11) is 1.82. The molecule has 2 heterocycles. The van der Waals surface area contributed by atoms with Gasteiger partial charge in [0.15, 0.2) is 0 Å². The quantitative estimate of drug-likeness (QED) is 0.450. The number of fused-ring (bicyclic) bond motifs is 1. The maximum Gasteiger partial charge on any atom is 0.254 e. The number of aryl methyl sites for hydroxylation is 1. The molecule has 0 aliphatic rings. The van der Waals surface area contributed by atoms with E-state index in [9.17, 15) is 9.59 Å². The lowest BCUT2D eigenvalue weighted by Crippen LogP contribution is -2.37. The summed E-state index contributed by atoms with van der Waals surface area (Å²) in [6, 6.07) is 4.93. The van der Waals surface area contributed by atoms with E-state index in [1.54, 1.807) is 4.68 Å². The third-order valence-electron chi connectivity index (χ3n) is 4.33. The van der Waals surface area contributed by atoms with Gasteiger partial charge in [0, 0.05) is 24.8 Å². The lowest BCUT2D eigenvalue weighted by atomic mass is 10.0. The van der Waals surface area contributed by atoms with E-state index < -0.39 is 17.9 Å². The number of aromatic nitrogens is 4. The van der Waals surface area contributed by atoms with Crippen LogP contribution in [0.15, 0.2) is 30.6 Å². The Bertz CT molecular complexity index is 1060. The molecule has 0 saturated carbocycles. The molecule has 2 amide bonds. The zero-order chi connectivity index (χ0) is 21.1. The fraction of sp³-hybridized carbons (Fsp3) is 0.316. The Morgan fingerprint density at radius 3 is 2.66 bits per heavy atom. The lowest BCUT2D eigenvalue weighted by molar-refractivity contribution is -0.119. The second kappa shape index (κ2) is 8.13. The molecule has 0 spiro atoms. The molecule has 0 fully saturated rings. The second-order valence-electron chi connectivity index (χ2n) is 7.22. The first-order valence-corrected chi connectivity index (χ1v) is 9.16. The van der Waals surface area contributed by atoms with Gasteiger partial charge in [0.2, 0.25) is 11.9 Å². The van der Waals surface area contributed by atoms with Crippen LogP contribution < -0.4 is 22.1 Å². The van der Waals surface area contributed by atoms with Crippen molar-refractivity contribution in [1.29, 1.82) is 0 Å². The van der Waals surface area contributed by atoms with E-state index in [1.807, 2.05) is 45.3 Å². The monoisotopic (exact) mass is 396 g/mol. The summed E-state index contributed by atoms with van der Waals surface area (Å²) < 4.78 is 1.70. The molecule has 10 nitrogen and oxygen atoms in total. The molecular weight excluding hydrogens is 372 g/mol. The van der Waals surface area contributed by atoms with Gasteiger partial charge in [0.05, 0.1) is 11.2 Å². The summed E-state index contributed by atoms with van der Waals surface area (Å²) in [4.78, 5) is 32.1. The molecule has 0 bridgehead atoms. The number of hydrogen-bond acceptors (Lipinski definition) is 7. The van der Waals surface area contributed by atoms with Crippen molar-refractivity contribution < 1.29 is 9.59 Å². The fourth-order valence-electron chi connectivity index (χ4n) is 3.00. The number of hydrogen-bond donors (Lipinski definition) is 4. The molecule has 152 valence electrons. The maximum absolute atomic E-state index is 11.9. The molecule has 6 N–H and O–H groups in total. The van der Waals surface area contributed by atoms with Gasteiger partial charge in [0.1, 0.15) is 17.4 Å². The SMILES string of the molecule is CC(C)C[C@@H](Nc1ncc(C(N)=O)c(Nc2cccc3nn(C)cc23)n1)C(N)=O. The number of amides is 2. The van der Waals surface area contributed by atoms with E-state index in [4.69, 9.17) is 11.5 Å². The van der Waals surface area contributed by atoms with Crippen LogP contribution in [-0.2, 0) is 11.8 Å². The summed E-state index contributed by atoms with van der Waals surface area (Å²) in [5.41, 5.74) is 12.6. The van der Waals surface area contributed by atoms with E-state index in [1.165, 1.54) is 6.20 Å². The minimum Gasteiger partial charge on any atom is -0.368 e. The molecule has 0 saturated heterocycles. The van der Waals surface area contributed by atoms with E-state index in [0.717, 1.165) is 10.9 Å². The summed E-state index contributed by atoms with van der Waals surface area (Å²) in [5.74, 6) is -0.549. The zero-order valence-corrected chi connectivity index (χ0v) is 16.5. The van der Waals surface area contributed by atoms with Crippen LogP contribution in [0.2, 0.25) is 0 Å². The van der Waals surface area contributed by atoms with Crippen molar-refractivity contribution in [1.82, 2.24) is 19.7 Å². The summed E-state index contributed by atoms with van der Waals surface area (Å²) >= 11 is 0. The Labute approximate surface area is 167 Å². The molecular formula is C19H24N8O2. The second-order valence-corrected chi connectivity index (χ2v) is 7.22. The first-order chi connectivity index (χ1) is 13.7. The minimum absolute atomic E-state index is 0.121. The van der Waals surface area contributed by atoms with E-state index in [2.05, 4.69) is 25.7 Å². The maximum atomic E-state index is 11.9. The Hall–Kier alpha value is -3.69. The van der Waals surface area contributed by atoms with Gasteiger partial charge in [-0.2, -0.15) is 10.1 Å². The fourth-order valence-corrected chi connectivity index (χ4v) is 3.00. The first-order valence-electron chi connectivity index (χ1n) is 9.16. The predicted molar refractivity (Wildman–Crippen MR) is 111 cm³/mol. The molecule has 3 rings (SSSR count). The highest BCUT2D eigenvalue weighted by Gasteiger charge is 2.20. The van der Waals surface area contributed by atoms with Crippen molar-refractivity contribution in [3.05, 3.63) is 36.2 Å². The third kappa shape index (κ3) is 4.60. The number of nitrogens with zero attached hydrogens (tertiary/aromatic N) is 4. The highest BCUT2D eigenvalue weighted by molar-refractivity contribution is 6.00. The topological polar surface area (TPSA) is 154 Å². The lowest BCUT2D eigenvalue weighted by Gasteiger charge is -2.18. The normalized spacial score (nSPS) is 12.1. The Kier molecular flexibility index (Phi) is 5.62. The average molecular weight is 396 g/mol. The molecule has 29 heavy (non-hydrogen) atoms. The summed E-state index contributed by atoms with van der Waals surface area (Å²) in [5, 5.41) is 11.3. The number of primary amides is 2. The van der Waals surface area contributed by atoms with Gasteiger partial charge in [0.25, 0.3) is 5.91 Å². The molecule has 10 heteroatoms. The van der Waals surface area contributed by atoms with Gasteiger partial charge in [-0.1, -0.05) is 19.9 Å². The van der Waals surface area contributed by atoms with Gasteiger partial charge < -0.3 is 22.1 Å². The smallest absolute Gasteiger partial charge is 0.254 e. The van der Waals surface area contributed by atoms with E-state index in [0.29, 0.717) is 12.1 Å². The van der Waals surface area contributed by atoms with Crippen molar-refractivity contribution >= 4 is 40.2 Å². The van der Waals surface area contributed by atoms with E-state index in [-0.39, 0.29) is 23.2 Å². The van der Waals surface area contributed by atoms with Gasteiger partial charge in [-0.05, 0) is 24.5 Å². The molecule has 0 aliphatic carbocycles. The first kappa shape index (κ1) is 20.1.